The molecule has 0 spiro atoms. The van der Waals surface area contributed by atoms with Crippen molar-refractivity contribution in [1.82, 2.24) is 9.03 Å². The Hall–Kier alpha value is -0.660. The van der Waals surface area contributed by atoms with Crippen LogP contribution in [0, 0.1) is 0 Å². The summed E-state index contributed by atoms with van der Waals surface area (Å²) in [5.41, 5.74) is 0. The van der Waals surface area contributed by atoms with E-state index in [-0.39, 0.29) is 0 Å². The van der Waals surface area contributed by atoms with Crippen LogP contribution in [0.15, 0.2) is 0 Å². The van der Waals surface area contributed by atoms with Crippen molar-refractivity contribution < 1.29 is 18.3 Å². The molecule has 0 heterocycles. The summed E-state index contributed by atoms with van der Waals surface area (Å²) < 4.78 is 25.5. The highest BCUT2D eigenvalue weighted by Crippen LogP contribution is 1.94. The highest BCUT2D eigenvalue weighted by atomic mass is 32.2. The normalized spacial score (nSPS) is 14.5. The van der Waals surface area contributed by atoms with E-state index in [1.165, 1.54) is 14.0 Å². The summed E-state index contributed by atoms with van der Waals surface area (Å²) in [4.78, 5) is 10.3. The number of carboxylic acids is 1. The SMILES string of the molecule is CCN(C)S(=O)(=O)N[C@@H](C)C(=O)O. The topological polar surface area (TPSA) is 86.7 Å². The molecule has 13 heavy (non-hydrogen) atoms. The monoisotopic (exact) mass is 210 g/mol. The molecule has 6 nitrogen and oxygen atoms in total. The van der Waals surface area contributed by atoms with Crippen LogP contribution in [-0.4, -0.2) is 43.4 Å². The maximum Gasteiger partial charge on any atom is 0.321 e. The molecule has 0 saturated carbocycles. The lowest BCUT2D eigenvalue weighted by Crippen LogP contribution is -2.45. The van der Waals surface area contributed by atoms with Crippen molar-refractivity contribution in [2.24, 2.45) is 0 Å². The summed E-state index contributed by atoms with van der Waals surface area (Å²) in [6.07, 6.45) is 0. The fourth-order valence-corrected chi connectivity index (χ4v) is 1.60. The van der Waals surface area contributed by atoms with Crippen molar-refractivity contribution >= 4 is 16.2 Å². The first-order valence-electron chi connectivity index (χ1n) is 3.77. The second-order valence-corrected chi connectivity index (χ2v) is 4.41. The molecule has 0 bridgehead atoms. The zero-order valence-corrected chi connectivity index (χ0v) is 8.63. The molecule has 0 amide bonds. The van der Waals surface area contributed by atoms with Gasteiger partial charge in [0.25, 0.3) is 10.2 Å². The van der Waals surface area contributed by atoms with Crippen molar-refractivity contribution in [1.29, 1.82) is 0 Å². The van der Waals surface area contributed by atoms with Crippen LogP contribution in [0.2, 0.25) is 0 Å². The minimum absolute atomic E-state index is 0.293. The van der Waals surface area contributed by atoms with Gasteiger partial charge in [-0.05, 0) is 6.92 Å². The number of aliphatic carboxylic acids is 1. The van der Waals surface area contributed by atoms with E-state index >= 15 is 0 Å². The van der Waals surface area contributed by atoms with E-state index < -0.39 is 22.2 Å². The molecule has 2 N–H and O–H groups in total. The number of nitrogens with one attached hydrogen (secondary N) is 1. The predicted molar refractivity (Wildman–Crippen MR) is 47.5 cm³/mol. The number of carbonyl (C=O) groups is 1. The van der Waals surface area contributed by atoms with Gasteiger partial charge in [0.2, 0.25) is 0 Å². The Morgan fingerprint density at radius 1 is 1.62 bits per heavy atom. The molecule has 0 aromatic carbocycles. The van der Waals surface area contributed by atoms with Gasteiger partial charge in [-0.1, -0.05) is 6.92 Å². The lowest BCUT2D eigenvalue weighted by molar-refractivity contribution is -0.138. The average molecular weight is 210 g/mol. The molecular formula is C6H14N2O4S. The Balaban J connectivity index is 4.43. The van der Waals surface area contributed by atoms with Crippen molar-refractivity contribution in [3.8, 4) is 0 Å². The maximum absolute atomic E-state index is 11.2. The third-order valence-corrected chi connectivity index (χ3v) is 3.28. The zero-order valence-electron chi connectivity index (χ0n) is 7.81. The van der Waals surface area contributed by atoms with E-state index in [0.717, 1.165) is 4.31 Å². The molecule has 0 aromatic heterocycles. The number of carboxylic acid groups (broad SMARTS) is 1. The van der Waals surface area contributed by atoms with Gasteiger partial charge >= 0.3 is 5.97 Å². The molecule has 0 aliphatic carbocycles. The van der Waals surface area contributed by atoms with E-state index in [1.54, 1.807) is 6.92 Å². The van der Waals surface area contributed by atoms with Crippen LogP contribution in [0.4, 0.5) is 0 Å². The highest BCUT2D eigenvalue weighted by molar-refractivity contribution is 7.87. The predicted octanol–water partition coefficient (Wildman–Crippen LogP) is -0.754. The standard InChI is InChI=1S/C6H14N2O4S/c1-4-8(3)13(11,12)7-5(2)6(9)10/h5,7H,4H2,1-3H3,(H,9,10)/t5-/m0/s1. The van der Waals surface area contributed by atoms with Crippen molar-refractivity contribution in [2.45, 2.75) is 19.9 Å². The lowest BCUT2D eigenvalue weighted by atomic mass is 10.4. The number of hydrogen-bond acceptors (Lipinski definition) is 3. The van der Waals surface area contributed by atoms with Crippen LogP contribution in [0.25, 0.3) is 0 Å². The Morgan fingerprint density at radius 2 is 2.08 bits per heavy atom. The molecule has 0 aromatic rings. The smallest absolute Gasteiger partial charge is 0.321 e. The van der Waals surface area contributed by atoms with Crippen LogP contribution < -0.4 is 4.72 Å². The first kappa shape index (κ1) is 12.3. The average Bonchev–Trinajstić information content (AvgIpc) is 2.01. The first-order chi connectivity index (χ1) is 5.81. The fraction of sp³-hybridized carbons (Fsp3) is 0.833. The van der Waals surface area contributed by atoms with Crippen molar-refractivity contribution in [2.75, 3.05) is 13.6 Å². The third-order valence-electron chi connectivity index (χ3n) is 1.55. The molecule has 78 valence electrons. The number of nitrogens with zero attached hydrogens (tertiary/aromatic N) is 1. The van der Waals surface area contributed by atoms with Crippen LogP contribution >= 0.6 is 0 Å². The van der Waals surface area contributed by atoms with Gasteiger partial charge in [-0.3, -0.25) is 4.79 Å². The summed E-state index contributed by atoms with van der Waals surface area (Å²) in [5.74, 6) is -1.20. The third kappa shape index (κ3) is 3.71. The van der Waals surface area contributed by atoms with Crippen molar-refractivity contribution in [3.63, 3.8) is 0 Å². The lowest BCUT2D eigenvalue weighted by Gasteiger charge is -2.17. The summed E-state index contributed by atoms with van der Waals surface area (Å²) in [5, 5.41) is 8.45. The zero-order chi connectivity index (χ0) is 10.6. The molecule has 0 rings (SSSR count). The van der Waals surface area contributed by atoms with Gasteiger partial charge in [0.1, 0.15) is 6.04 Å². The molecule has 0 radical (unpaired) electrons. The van der Waals surface area contributed by atoms with E-state index in [9.17, 15) is 13.2 Å². The van der Waals surface area contributed by atoms with Gasteiger partial charge in [-0.25, -0.2) is 0 Å². The quantitative estimate of drug-likeness (QED) is 0.625. The Morgan fingerprint density at radius 3 is 2.38 bits per heavy atom. The molecule has 7 heteroatoms. The van der Waals surface area contributed by atoms with Gasteiger partial charge in [0, 0.05) is 13.6 Å². The van der Waals surface area contributed by atoms with Crippen molar-refractivity contribution in [3.05, 3.63) is 0 Å². The fourth-order valence-electron chi connectivity index (χ4n) is 0.534. The molecule has 0 aliphatic heterocycles. The van der Waals surface area contributed by atoms with Crippen LogP contribution in [-0.2, 0) is 15.0 Å². The van der Waals surface area contributed by atoms with E-state index in [2.05, 4.69) is 0 Å². The second-order valence-electron chi connectivity index (χ2n) is 2.60. The second kappa shape index (κ2) is 4.54. The van der Waals surface area contributed by atoms with Gasteiger partial charge in [-0.2, -0.15) is 17.4 Å². The Labute approximate surface area is 77.7 Å². The summed E-state index contributed by atoms with van der Waals surface area (Å²) in [7, 11) is -2.28. The van der Waals surface area contributed by atoms with Gasteiger partial charge in [-0.15, -0.1) is 0 Å². The summed E-state index contributed by atoms with van der Waals surface area (Å²) in [6.45, 7) is 3.22. The molecule has 0 saturated heterocycles. The largest absolute Gasteiger partial charge is 0.480 e. The van der Waals surface area contributed by atoms with E-state index in [0.29, 0.717) is 6.54 Å². The minimum atomic E-state index is -3.65. The highest BCUT2D eigenvalue weighted by Gasteiger charge is 2.22. The number of rotatable bonds is 5. The molecule has 0 aliphatic rings. The maximum atomic E-state index is 11.2. The molecule has 0 unspecified atom stereocenters. The van der Waals surface area contributed by atoms with E-state index in [1.807, 2.05) is 4.72 Å². The summed E-state index contributed by atoms with van der Waals surface area (Å²) >= 11 is 0. The first-order valence-corrected chi connectivity index (χ1v) is 5.21. The van der Waals surface area contributed by atoms with Crippen LogP contribution in [0.1, 0.15) is 13.8 Å². The molecule has 0 fully saturated rings. The van der Waals surface area contributed by atoms with Crippen LogP contribution in [0.5, 0.6) is 0 Å². The molecular weight excluding hydrogens is 196 g/mol. The Kier molecular flexibility index (Phi) is 4.31. The minimum Gasteiger partial charge on any atom is -0.480 e. The van der Waals surface area contributed by atoms with Crippen LogP contribution in [0.3, 0.4) is 0 Å². The van der Waals surface area contributed by atoms with Gasteiger partial charge in [0.05, 0.1) is 0 Å². The summed E-state index contributed by atoms with van der Waals surface area (Å²) in [6, 6.07) is -1.11. The number of hydrogen-bond donors (Lipinski definition) is 2. The Bertz CT molecular complexity index is 274. The molecule has 1 atom stereocenters. The van der Waals surface area contributed by atoms with Gasteiger partial charge < -0.3 is 5.11 Å². The van der Waals surface area contributed by atoms with E-state index in [4.69, 9.17) is 5.11 Å². The van der Waals surface area contributed by atoms with Gasteiger partial charge in [0.15, 0.2) is 0 Å².